The number of pyridine rings is 1. The molecule has 0 bridgehead atoms. The first kappa shape index (κ1) is 34.4. The first-order chi connectivity index (χ1) is 24.2. The van der Waals surface area contributed by atoms with Crippen LogP contribution in [-0.2, 0) is 16.8 Å². The summed E-state index contributed by atoms with van der Waals surface area (Å²) in [6, 6.07) is 4.12. The maximum atomic E-state index is 15.4. The molecule has 1 spiro atoms. The molecule has 1 saturated heterocycles. The van der Waals surface area contributed by atoms with E-state index in [0.717, 1.165) is 4.52 Å². The van der Waals surface area contributed by atoms with Crippen LogP contribution >= 0.6 is 23.2 Å². The molecular weight excluding hydrogens is 707 g/mol. The van der Waals surface area contributed by atoms with Gasteiger partial charge in [-0.15, -0.1) is 5.10 Å². The summed E-state index contributed by atoms with van der Waals surface area (Å²) in [5.41, 5.74) is 0.686. The van der Waals surface area contributed by atoms with Crippen LogP contribution in [0.2, 0.25) is 10.0 Å². The van der Waals surface area contributed by atoms with E-state index >= 15 is 4.39 Å². The quantitative estimate of drug-likeness (QED) is 0.229. The Balaban J connectivity index is 1.32. The van der Waals surface area contributed by atoms with E-state index in [1.54, 1.807) is 23.3 Å². The highest BCUT2D eigenvalue weighted by molar-refractivity contribution is 6.37. The second-order valence-electron chi connectivity index (χ2n) is 13.1. The van der Waals surface area contributed by atoms with Gasteiger partial charge < -0.3 is 19.9 Å². The van der Waals surface area contributed by atoms with Gasteiger partial charge in [-0.1, -0.05) is 30.1 Å². The summed E-state index contributed by atoms with van der Waals surface area (Å²) in [5.74, 6) is -3.19. The van der Waals surface area contributed by atoms with E-state index in [0.29, 0.717) is 36.2 Å². The average molecular weight is 739 g/mol. The predicted molar refractivity (Wildman–Crippen MR) is 183 cm³/mol. The lowest BCUT2D eigenvalue weighted by atomic mass is 9.73. The number of aryl methyl sites for hydroxylation is 3. The van der Waals surface area contributed by atoms with Gasteiger partial charge in [-0.2, -0.15) is 9.50 Å². The van der Waals surface area contributed by atoms with Gasteiger partial charge in [0.25, 0.3) is 11.5 Å². The number of anilines is 1. The summed E-state index contributed by atoms with van der Waals surface area (Å²) < 4.78 is 32.5. The first-order valence-electron chi connectivity index (χ1n) is 16.1. The van der Waals surface area contributed by atoms with Crippen LogP contribution in [0.5, 0.6) is 5.75 Å². The number of rotatable bonds is 5. The van der Waals surface area contributed by atoms with Gasteiger partial charge in [-0.25, -0.2) is 18.7 Å². The smallest absolute Gasteiger partial charge is 0.279 e. The third kappa shape index (κ3) is 5.68. The van der Waals surface area contributed by atoms with E-state index < -0.39 is 34.4 Å². The zero-order valence-corrected chi connectivity index (χ0v) is 29.4. The molecule has 5 aromatic rings. The van der Waals surface area contributed by atoms with E-state index in [1.807, 2.05) is 6.92 Å². The number of halogens is 4. The molecule has 1 aliphatic carbocycles. The number of piperidine rings is 1. The number of carbonyl (C=O) groups excluding carboxylic acids is 2. The molecule has 1 unspecified atom stereocenters. The molecule has 1 aromatic carbocycles. The number of nitrogens with zero attached hydrogens (tertiary/aromatic N) is 8. The molecule has 2 aliphatic rings. The fourth-order valence-corrected chi connectivity index (χ4v) is 7.85. The first-order valence-corrected chi connectivity index (χ1v) is 16.9. The Kier molecular flexibility index (Phi) is 8.53. The number of amides is 2. The Labute approximate surface area is 299 Å². The third-order valence-corrected chi connectivity index (χ3v) is 10.5. The molecular formula is C34H31Cl2F2N9O4. The van der Waals surface area contributed by atoms with E-state index in [9.17, 15) is 23.9 Å². The lowest BCUT2D eigenvalue weighted by Crippen LogP contribution is -2.46. The number of hydrogen-bond acceptors (Lipinski definition) is 9. The lowest BCUT2D eigenvalue weighted by Gasteiger charge is -2.39. The van der Waals surface area contributed by atoms with Gasteiger partial charge in [0.2, 0.25) is 11.7 Å². The van der Waals surface area contributed by atoms with Crippen molar-refractivity contribution in [2.75, 3.05) is 18.4 Å². The Bertz CT molecular complexity index is 2360. The minimum Gasteiger partial charge on any atom is -0.504 e. The second-order valence-corrected chi connectivity index (χ2v) is 13.9. The highest BCUT2D eigenvalue weighted by Gasteiger charge is 2.49. The summed E-state index contributed by atoms with van der Waals surface area (Å²) in [4.78, 5) is 59.8. The van der Waals surface area contributed by atoms with Crippen molar-refractivity contribution in [3.63, 3.8) is 0 Å². The van der Waals surface area contributed by atoms with Crippen molar-refractivity contribution in [1.82, 2.24) is 39.0 Å². The number of aromatic hydroxyl groups is 1. The number of likely N-dealkylation sites (tertiary alicyclic amines) is 1. The molecule has 7 rings (SSSR count). The number of carbonyl (C=O) groups is 2. The van der Waals surface area contributed by atoms with Crippen molar-refractivity contribution in [3.05, 3.63) is 90.6 Å². The maximum absolute atomic E-state index is 15.4. The molecule has 2 N–H and O–H groups in total. The Morgan fingerprint density at radius 2 is 1.78 bits per heavy atom. The number of aromatic nitrogens is 7. The standard InChI is InChI=1S/C34H31Cl2F2N9O4/c1-15-12-34(7-9-45(10-8-34)32(51)27-29(49)18(4)39-14-40-27)23-28(15)46(13-22(48)42-21-6-5-20(35)26(38)24(21)36)33-43-30(44-47(33)31(23)50)19-11-16(2)41-17(3)25(19)37/h5-6,11,14-15,49H,7-10,12-13H2,1-4H3,(H,42,48). The number of hydrogen-bond donors (Lipinski definition) is 2. The van der Waals surface area contributed by atoms with Crippen LogP contribution in [0.1, 0.15) is 70.9 Å². The van der Waals surface area contributed by atoms with E-state index in [2.05, 4.69) is 30.4 Å². The summed E-state index contributed by atoms with van der Waals surface area (Å²) in [7, 11) is 0. The molecule has 264 valence electrons. The molecule has 0 saturated carbocycles. The minimum atomic E-state index is -0.889. The minimum absolute atomic E-state index is 0.00397. The Hall–Kier alpha value is -5.02. The number of nitrogens with one attached hydrogen (secondary N) is 1. The van der Waals surface area contributed by atoms with Gasteiger partial charge in [0.15, 0.2) is 28.9 Å². The van der Waals surface area contributed by atoms with Crippen molar-refractivity contribution in [2.24, 2.45) is 0 Å². The second kappa shape index (κ2) is 12.6. The number of benzene rings is 1. The largest absolute Gasteiger partial charge is 0.504 e. The summed E-state index contributed by atoms with van der Waals surface area (Å²) in [5, 5.41) is 17.0. The predicted octanol–water partition coefficient (Wildman–Crippen LogP) is 5.28. The molecule has 17 heteroatoms. The normalized spacial score (nSPS) is 16.5. The van der Waals surface area contributed by atoms with Gasteiger partial charge in [0.1, 0.15) is 17.9 Å². The zero-order valence-electron chi connectivity index (χ0n) is 27.9. The topological polar surface area (TPSA) is 160 Å². The fourth-order valence-electron chi connectivity index (χ4n) is 7.44. The van der Waals surface area contributed by atoms with E-state index in [1.165, 1.54) is 31.5 Å². The molecule has 51 heavy (non-hydrogen) atoms. The monoisotopic (exact) mass is 737 g/mol. The zero-order chi connectivity index (χ0) is 36.5. The van der Waals surface area contributed by atoms with Gasteiger partial charge in [0, 0.05) is 35.5 Å². The van der Waals surface area contributed by atoms with Gasteiger partial charge in [0.05, 0.1) is 27.7 Å². The molecule has 5 heterocycles. The molecule has 1 fully saturated rings. The van der Waals surface area contributed by atoms with E-state index in [4.69, 9.17) is 23.2 Å². The van der Waals surface area contributed by atoms with Crippen LogP contribution in [0.15, 0.2) is 29.3 Å². The van der Waals surface area contributed by atoms with Crippen molar-refractivity contribution < 1.29 is 23.5 Å². The molecule has 13 nitrogen and oxygen atoms in total. The van der Waals surface area contributed by atoms with Crippen LogP contribution in [-0.4, -0.2) is 69.0 Å². The maximum Gasteiger partial charge on any atom is 0.279 e. The molecule has 2 amide bonds. The summed E-state index contributed by atoms with van der Waals surface area (Å²) in [6.07, 6.45) is 2.54. The SMILES string of the molecule is Cc1cc(-c2nc3n(CC(=O)Nc4ccc(Cl)c(F)c4Cl)c4c(c(=O)n3n2)C2(CCN(C(=O)c3ncnc(C)c3O)CC2)CC4C)c(F)c(C)n1. The summed E-state index contributed by atoms with van der Waals surface area (Å²) in [6.45, 7) is 6.87. The summed E-state index contributed by atoms with van der Waals surface area (Å²) >= 11 is 12.0. The van der Waals surface area contributed by atoms with Crippen LogP contribution < -0.4 is 10.9 Å². The van der Waals surface area contributed by atoms with Crippen LogP contribution in [0.25, 0.3) is 17.2 Å². The highest BCUT2D eigenvalue weighted by Crippen LogP contribution is 2.50. The van der Waals surface area contributed by atoms with Gasteiger partial charge in [-0.3, -0.25) is 19.4 Å². The molecule has 0 radical (unpaired) electrons. The molecule has 1 atom stereocenters. The van der Waals surface area contributed by atoms with Gasteiger partial charge in [-0.05, 0) is 64.2 Å². The van der Waals surface area contributed by atoms with Crippen molar-refractivity contribution in [2.45, 2.75) is 64.8 Å². The van der Waals surface area contributed by atoms with Crippen LogP contribution in [0, 0.1) is 32.4 Å². The lowest BCUT2D eigenvalue weighted by molar-refractivity contribution is -0.116. The highest BCUT2D eigenvalue weighted by atomic mass is 35.5. The third-order valence-electron chi connectivity index (χ3n) is 9.80. The van der Waals surface area contributed by atoms with Crippen molar-refractivity contribution in [1.29, 1.82) is 0 Å². The Morgan fingerprint density at radius 1 is 1.06 bits per heavy atom. The van der Waals surface area contributed by atoms with Crippen molar-refractivity contribution in [3.8, 4) is 17.1 Å². The number of fused-ring (bicyclic) bond motifs is 3. The van der Waals surface area contributed by atoms with Crippen LogP contribution in [0.3, 0.4) is 0 Å². The average Bonchev–Trinajstić information content (AvgIpc) is 3.66. The molecule has 1 aliphatic heterocycles. The van der Waals surface area contributed by atoms with Crippen LogP contribution in [0.4, 0.5) is 14.5 Å². The van der Waals surface area contributed by atoms with Crippen molar-refractivity contribution >= 4 is 46.5 Å². The fraction of sp³-hybridized carbons (Fsp3) is 0.353. The van der Waals surface area contributed by atoms with E-state index in [-0.39, 0.29) is 81.3 Å². The van der Waals surface area contributed by atoms with Gasteiger partial charge >= 0.3 is 0 Å². The molecule has 4 aromatic heterocycles. The Morgan fingerprint density at radius 3 is 2.51 bits per heavy atom.